The van der Waals surface area contributed by atoms with Crippen molar-refractivity contribution in [2.24, 2.45) is 11.1 Å². The van der Waals surface area contributed by atoms with Gasteiger partial charge < -0.3 is 11.1 Å². The molecule has 3 nitrogen and oxygen atoms in total. The van der Waals surface area contributed by atoms with Crippen LogP contribution < -0.4 is 11.1 Å². The number of alkyl halides is 3. The third-order valence-corrected chi connectivity index (χ3v) is 4.25. The van der Waals surface area contributed by atoms with E-state index in [-0.39, 0.29) is 23.3 Å². The van der Waals surface area contributed by atoms with Crippen molar-refractivity contribution in [3.8, 4) is 0 Å². The van der Waals surface area contributed by atoms with E-state index < -0.39 is 11.7 Å². The lowest BCUT2D eigenvalue weighted by molar-refractivity contribution is -0.137. The average Bonchev–Trinajstić information content (AvgIpc) is 2.29. The summed E-state index contributed by atoms with van der Waals surface area (Å²) in [5.41, 5.74) is 4.85. The van der Waals surface area contributed by atoms with Gasteiger partial charge in [-0.1, -0.05) is 13.8 Å². The minimum Gasteiger partial charge on any atom is -0.366 e. The van der Waals surface area contributed by atoms with Crippen LogP contribution in [0.1, 0.15) is 25.8 Å². The Balaban J connectivity index is 2.27. The molecule has 1 aliphatic carbocycles. The average molecular weight is 338 g/mol. The molecule has 0 amide bonds. The van der Waals surface area contributed by atoms with Crippen LogP contribution in [0.4, 0.5) is 19.0 Å². The molecule has 1 fully saturated rings. The van der Waals surface area contributed by atoms with Crippen molar-refractivity contribution in [2.45, 2.75) is 38.5 Å². The summed E-state index contributed by atoms with van der Waals surface area (Å²) >= 11 is 3.01. The zero-order valence-corrected chi connectivity index (χ0v) is 12.1. The smallest absolute Gasteiger partial charge is 0.366 e. The fraction of sp³-hybridized carbons (Fsp3) is 0.583. The maximum Gasteiger partial charge on any atom is 0.419 e. The normalized spacial score (nSPS) is 25.8. The van der Waals surface area contributed by atoms with Gasteiger partial charge >= 0.3 is 6.18 Å². The van der Waals surface area contributed by atoms with Crippen LogP contribution in [0, 0.1) is 5.41 Å². The highest BCUT2D eigenvalue weighted by atomic mass is 79.9. The summed E-state index contributed by atoms with van der Waals surface area (Å²) in [7, 11) is 0. The molecule has 106 valence electrons. The van der Waals surface area contributed by atoms with Crippen molar-refractivity contribution >= 4 is 21.7 Å². The maximum absolute atomic E-state index is 12.9. The van der Waals surface area contributed by atoms with Crippen LogP contribution in [-0.2, 0) is 6.18 Å². The summed E-state index contributed by atoms with van der Waals surface area (Å²) in [5.74, 6) is -0.138. The molecule has 0 bridgehead atoms. The minimum atomic E-state index is -4.44. The largest absolute Gasteiger partial charge is 0.419 e. The molecule has 1 aromatic rings. The van der Waals surface area contributed by atoms with E-state index in [9.17, 15) is 13.2 Å². The summed E-state index contributed by atoms with van der Waals surface area (Å²) in [4.78, 5) is 3.84. The van der Waals surface area contributed by atoms with E-state index in [4.69, 9.17) is 5.73 Å². The minimum absolute atomic E-state index is 0.00483. The number of pyridine rings is 1. The molecular formula is C12H15BrF3N3. The molecule has 7 heteroatoms. The number of nitrogens with two attached hydrogens (primary N) is 1. The molecule has 1 saturated carbocycles. The fourth-order valence-electron chi connectivity index (χ4n) is 2.14. The molecule has 1 heterocycles. The number of halogens is 4. The maximum atomic E-state index is 12.9. The Kier molecular flexibility index (Phi) is 3.55. The number of rotatable bonds is 2. The third kappa shape index (κ3) is 2.72. The first-order valence-electron chi connectivity index (χ1n) is 5.87. The number of nitrogens with one attached hydrogen (secondary N) is 1. The van der Waals surface area contributed by atoms with Gasteiger partial charge in [-0.05, 0) is 28.4 Å². The Hall–Kier alpha value is -0.820. The number of anilines is 1. The van der Waals surface area contributed by atoms with E-state index in [1.165, 1.54) is 6.20 Å². The summed E-state index contributed by atoms with van der Waals surface area (Å²) < 4.78 is 39.1. The second-order valence-electron chi connectivity index (χ2n) is 5.41. The Morgan fingerprint density at radius 2 is 2.11 bits per heavy atom. The number of hydrogen-bond acceptors (Lipinski definition) is 3. The van der Waals surface area contributed by atoms with Gasteiger partial charge in [-0.25, -0.2) is 4.98 Å². The number of hydrogen-bond donors (Lipinski definition) is 2. The Morgan fingerprint density at radius 1 is 1.47 bits per heavy atom. The van der Waals surface area contributed by atoms with Crippen LogP contribution in [-0.4, -0.2) is 17.1 Å². The SMILES string of the molecule is CC1(C)C(N)CC1Nc1ncc(Br)cc1C(F)(F)F. The zero-order chi connectivity index (χ0) is 14.4. The van der Waals surface area contributed by atoms with Crippen molar-refractivity contribution in [1.82, 2.24) is 4.98 Å². The lowest BCUT2D eigenvalue weighted by atomic mass is 9.63. The van der Waals surface area contributed by atoms with Crippen molar-refractivity contribution in [1.29, 1.82) is 0 Å². The summed E-state index contributed by atoms with van der Waals surface area (Å²) in [6.07, 6.45) is -2.44. The van der Waals surface area contributed by atoms with Gasteiger partial charge in [0.2, 0.25) is 0 Å². The van der Waals surface area contributed by atoms with Gasteiger partial charge in [0.05, 0.1) is 5.56 Å². The van der Waals surface area contributed by atoms with Gasteiger partial charge in [-0.3, -0.25) is 0 Å². The highest BCUT2D eigenvalue weighted by Gasteiger charge is 2.47. The highest BCUT2D eigenvalue weighted by Crippen LogP contribution is 2.43. The number of nitrogens with zero attached hydrogens (tertiary/aromatic N) is 1. The first-order valence-corrected chi connectivity index (χ1v) is 6.66. The molecule has 0 radical (unpaired) electrons. The predicted octanol–water partition coefficient (Wildman–Crippen LogP) is 3.40. The predicted molar refractivity (Wildman–Crippen MR) is 70.7 cm³/mol. The van der Waals surface area contributed by atoms with Crippen LogP contribution >= 0.6 is 15.9 Å². The van der Waals surface area contributed by atoms with Crippen molar-refractivity contribution < 1.29 is 13.2 Å². The lowest BCUT2D eigenvalue weighted by Gasteiger charge is -2.50. The summed E-state index contributed by atoms with van der Waals surface area (Å²) in [5, 5.41) is 2.87. The van der Waals surface area contributed by atoms with E-state index >= 15 is 0 Å². The molecule has 0 saturated heterocycles. The lowest BCUT2D eigenvalue weighted by Crippen LogP contribution is -2.61. The molecule has 0 aromatic carbocycles. The molecule has 1 aliphatic rings. The molecule has 0 spiro atoms. The monoisotopic (exact) mass is 337 g/mol. The van der Waals surface area contributed by atoms with Crippen LogP contribution in [0.3, 0.4) is 0 Å². The Labute approximate surface area is 117 Å². The van der Waals surface area contributed by atoms with E-state index in [1.807, 2.05) is 13.8 Å². The first-order chi connectivity index (χ1) is 8.62. The highest BCUT2D eigenvalue weighted by molar-refractivity contribution is 9.10. The standard InChI is InChI=1S/C12H15BrF3N3/c1-11(2)8(17)4-9(11)19-10-7(12(14,15)16)3-6(13)5-18-10/h3,5,8-9H,4,17H2,1-2H3,(H,18,19). The van der Waals surface area contributed by atoms with E-state index in [0.717, 1.165) is 6.07 Å². The molecule has 2 atom stereocenters. The molecule has 3 N–H and O–H groups in total. The third-order valence-electron chi connectivity index (χ3n) is 3.81. The van der Waals surface area contributed by atoms with Crippen molar-refractivity contribution in [3.63, 3.8) is 0 Å². The van der Waals surface area contributed by atoms with E-state index in [2.05, 4.69) is 26.2 Å². The second-order valence-corrected chi connectivity index (χ2v) is 6.32. The van der Waals surface area contributed by atoms with Crippen molar-refractivity contribution in [2.75, 3.05) is 5.32 Å². The molecule has 1 aromatic heterocycles. The van der Waals surface area contributed by atoms with Gasteiger partial charge in [-0.2, -0.15) is 13.2 Å². The Bertz CT molecular complexity index is 488. The topological polar surface area (TPSA) is 50.9 Å². The van der Waals surface area contributed by atoms with Crippen LogP contribution in [0.5, 0.6) is 0 Å². The van der Waals surface area contributed by atoms with Gasteiger partial charge in [-0.15, -0.1) is 0 Å². The first kappa shape index (κ1) is 14.6. The summed E-state index contributed by atoms with van der Waals surface area (Å²) in [6, 6.07) is 0.924. The molecule has 0 aliphatic heterocycles. The van der Waals surface area contributed by atoms with Gasteiger partial charge in [0.15, 0.2) is 0 Å². The van der Waals surface area contributed by atoms with Gasteiger partial charge in [0, 0.05) is 28.2 Å². The van der Waals surface area contributed by atoms with Gasteiger partial charge in [0.25, 0.3) is 0 Å². The van der Waals surface area contributed by atoms with E-state index in [0.29, 0.717) is 10.9 Å². The van der Waals surface area contributed by atoms with Crippen LogP contribution in [0.25, 0.3) is 0 Å². The summed E-state index contributed by atoms with van der Waals surface area (Å²) in [6.45, 7) is 3.87. The molecular weight excluding hydrogens is 323 g/mol. The van der Waals surface area contributed by atoms with E-state index in [1.54, 1.807) is 0 Å². The Morgan fingerprint density at radius 3 is 2.58 bits per heavy atom. The molecule has 2 unspecified atom stereocenters. The fourth-order valence-corrected chi connectivity index (χ4v) is 2.47. The zero-order valence-electron chi connectivity index (χ0n) is 10.6. The van der Waals surface area contributed by atoms with Crippen LogP contribution in [0.15, 0.2) is 16.7 Å². The quantitative estimate of drug-likeness (QED) is 0.869. The molecule has 19 heavy (non-hydrogen) atoms. The number of aromatic nitrogens is 1. The van der Waals surface area contributed by atoms with Crippen LogP contribution in [0.2, 0.25) is 0 Å². The second kappa shape index (κ2) is 4.63. The van der Waals surface area contributed by atoms with Crippen molar-refractivity contribution in [3.05, 3.63) is 22.3 Å². The molecule has 2 rings (SSSR count). The van der Waals surface area contributed by atoms with Gasteiger partial charge in [0.1, 0.15) is 5.82 Å².